The highest BCUT2D eigenvalue weighted by Gasteiger charge is 2.28. The lowest BCUT2D eigenvalue weighted by Crippen LogP contribution is -2.52. The molecule has 5 heterocycles. The van der Waals surface area contributed by atoms with Gasteiger partial charge in [0.2, 0.25) is 5.95 Å². The molecule has 1 aromatic carbocycles. The summed E-state index contributed by atoms with van der Waals surface area (Å²) in [6.45, 7) is 11.8. The molecule has 0 radical (unpaired) electrons. The number of likely N-dealkylation sites (N-methyl/N-ethyl adjacent to an activating group) is 1. The number of anilines is 2. The average molecular weight is 604 g/mol. The first-order chi connectivity index (χ1) is 20.9. The molecule has 2 fully saturated rings. The third-order valence-corrected chi connectivity index (χ3v) is 8.69. The average Bonchev–Trinajstić information content (AvgIpc) is 3.56. The molecule has 2 N–H and O–H groups in total. The molecule has 234 valence electrons. The highest BCUT2D eigenvalue weighted by Crippen LogP contribution is 2.30. The second-order valence-corrected chi connectivity index (χ2v) is 12.9. The number of hydrogen-bond acceptors (Lipinski definition) is 8. The minimum Gasteiger partial charge on any atom is -0.389 e. The largest absolute Gasteiger partial charge is 0.389 e. The Balaban J connectivity index is 1.26. The Morgan fingerprint density at radius 3 is 2.45 bits per heavy atom. The summed E-state index contributed by atoms with van der Waals surface area (Å²) in [5, 5.41) is 17.7. The van der Waals surface area contributed by atoms with E-state index in [1.165, 1.54) is 12.3 Å². The van der Waals surface area contributed by atoms with Crippen LogP contribution in [0, 0.1) is 12.7 Å². The highest BCUT2D eigenvalue weighted by molar-refractivity contribution is 6.05. The van der Waals surface area contributed by atoms with Crippen molar-refractivity contribution in [3.05, 3.63) is 53.7 Å². The number of nitrogens with one attached hydrogen (secondary N) is 1. The first-order valence-corrected chi connectivity index (χ1v) is 15.3. The lowest BCUT2D eigenvalue weighted by Gasteiger charge is -2.42. The second-order valence-electron chi connectivity index (χ2n) is 12.9. The van der Waals surface area contributed by atoms with Crippen LogP contribution < -0.4 is 10.2 Å². The number of halogens is 1. The molecule has 0 atom stereocenters. The number of benzene rings is 1. The van der Waals surface area contributed by atoms with Crippen molar-refractivity contribution < 1.29 is 14.3 Å². The SMILES string of the molecule is Cc1cc(C(=O)Nc2nc3ccc(N4CCC(N5CCN(C)CC5)CC4)cc3n2CC(C)(C)O)c(F)c(-c2cnn(C)c2)n1. The Kier molecular flexibility index (Phi) is 8.16. The molecule has 3 aromatic heterocycles. The molecule has 2 aliphatic rings. The number of carbonyl (C=O) groups is 1. The second kappa shape index (κ2) is 11.9. The van der Waals surface area contributed by atoms with E-state index in [9.17, 15) is 9.90 Å². The number of nitrogens with zero attached hydrogens (tertiary/aromatic N) is 8. The maximum atomic E-state index is 15.7. The van der Waals surface area contributed by atoms with Gasteiger partial charge in [0.05, 0.1) is 34.9 Å². The van der Waals surface area contributed by atoms with Crippen LogP contribution in [-0.4, -0.2) is 103 Å². The van der Waals surface area contributed by atoms with E-state index in [0.717, 1.165) is 63.3 Å². The number of aliphatic hydroxyl groups is 1. The van der Waals surface area contributed by atoms with Crippen molar-refractivity contribution in [3.8, 4) is 11.3 Å². The molecule has 0 bridgehead atoms. The van der Waals surface area contributed by atoms with E-state index in [1.807, 2.05) is 10.6 Å². The van der Waals surface area contributed by atoms with E-state index in [2.05, 4.69) is 49.3 Å². The van der Waals surface area contributed by atoms with Gasteiger partial charge in [0, 0.05) is 75.5 Å². The van der Waals surface area contributed by atoms with Gasteiger partial charge < -0.3 is 19.5 Å². The summed E-state index contributed by atoms with van der Waals surface area (Å²) in [5.41, 5.74) is 2.39. The highest BCUT2D eigenvalue weighted by atomic mass is 19.1. The van der Waals surface area contributed by atoms with E-state index >= 15 is 4.39 Å². The molecule has 0 aliphatic carbocycles. The molecule has 2 saturated heterocycles. The fourth-order valence-corrected chi connectivity index (χ4v) is 6.35. The number of aryl methyl sites for hydroxylation is 2. The van der Waals surface area contributed by atoms with Crippen LogP contribution in [0.2, 0.25) is 0 Å². The van der Waals surface area contributed by atoms with Crippen LogP contribution in [0.5, 0.6) is 0 Å². The van der Waals surface area contributed by atoms with Crippen LogP contribution in [0.1, 0.15) is 42.7 Å². The van der Waals surface area contributed by atoms with Gasteiger partial charge in [-0.2, -0.15) is 5.10 Å². The lowest BCUT2D eigenvalue weighted by atomic mass is 10.0. The van der Waals surface area contributed by atoms with E-state index in [0.29, 0.717) is 22.8 Å². The van der Waals surface area contributed by atoms with Gasteiger partial charge in [-0.05, 0) is 64.9 Å². The number of amides is 1. The molecular formula is C32H42FN9O2. The number of piperidine rings is 1. The van der Waals surface area contributed by atoms with E-state index in [4.69, 9.17) is 4.98 Å². The van der Waals surface area contributed by atoms with Gasteiger partial charge in [0.15, 0.2) is 5.82 Å². The van der Waals surface area contributed by atoms with Crippen molar-refractivity contribution in [2.24, 2.45) is 7.05 Å². The van der Waals surface area contributed by atoms with E-state index in [1.54, 1.807) is 38.7 Å². The standard InChI is InChI=1S/C32H42FN9O2/c1-21-16-25(28(33)29(35-21)22-18-34-39(5)19-22)30(43)37-31-36-26-7-6-24(17-27(26)42(31)20-32(2,3)44)40-10-8-23(9-11-40)41-14-12-38(4)13-15-41/h6-7,16-19,23,44H,8-15,20H2,1-5H3,(H,36,37,43). The van der Waals surface area contributed by atoms with Crippen LogP contribution in [0.25, 0.3) is 22.3 Å². The quantitative estimate of drug-likeness (QED) is 0.331. The van der Waals surface area contributed by atoms with Gasteiger partial charge in [-0.1, -0.05) is 0 Å². The summed E-state index contributed by atoms with van der Waals surface area (Å²) in [5.74, 6) is -1.13. The van der Waals surface area contributed by atoms with Crippen molar-refractivity contribution in [2.75, 3.05) is 56.5 Å². The number of rotatable bonds is 7. The molecule has 12 heteroatoms. The Morgan fingerprint density at radius 1 is 1.07 bits per heavy atom. The number of fused-ring (bicyclic) bond motifs is 1. The van der Waals surface area contributed by atoms with Crippen LogP contribution >= 0.6 is 0 Å². The number of carbonyl (C=O) groups excluding carboxylic acids is 1. The Bertz CT molecular complexity index is 1660. The normalized spacial score (nSPS) is 17.5. The zero-order chi connectivity index (χ0) is 31.2. The Morgan fingerprint density at radius 2 is 1.80 bits per heavy atom. The molecule has 6 rings (SSSR count). The van der Waals surface area contributed by atoms with E-state index in [-0.39, 0.29) is 23.8 Å². The summed E-state index contributed by atoms with van der Waals surface area (Å²) in [6, 6.07) is 8.14. The van der Waals surface area contributed by atoms with Crippen molar-refractivity contribution in [1.82, 2.24) is 34.1 Å². The molecule has 0 saturated carbocycles. The summed E-state index contributed by atoms with van der Waals surface area (Å²) in [7, 11) is 3.92. The maximum Gasteiger partial charge on any atom is 0.261 e. The number of pyridine rings is 1. The molecule has 4 aromatic rings. The number of aromatic nitrogens is 5. The molecule has 44 heavy (non-hydrogen) atoms. The molecule has 0 spiro atoms. The Hall–Kier alpha value is -3.87. The predicted octanol–water partition coefficient (Wildman–Crippen LogP) is 3.52. The van der Waals surface area contributed by atoms with Gasteiger partial charge in [0.1, 0.15) is 5.69 Å². The van der Waals surface area contributed by atoms with Gasteiger partial charge in [0.25, 0.3) is 5.91 Å². The summed E-state index contributed by atoms with van der Waals surface area (Å²) in [6.07, 6.45) is 5.40. The van der Waals surface area contributed by atoms with Gasteiger partial charge >= 0.3 is 0 Å². The minimum absolute atomic E-state index is 0.0641. The predicted molar refractivity (Wildman–Crippen MR) is 169 cm³/mol. The zero-order valence-electron chi connectivity index (χ0n) is 26.2. The van der Waals surface area contributed by atoms with Gasteiger partial charge in [-0.3, -0.25) is 19.7 Å². The van der Waals surface area contributed by atoms with Crippen molar-refractivity contribution in [1.29, 1.82) is 0 Å². The number of hydrogen-bond donors (Lipinski definition) is 2. The third-order valence-electron chi connectivity index (χ3n) is 8.69. The van der Waals surface area contributed by atoms with Crippen LogP contribution in [0.3, 0.4) is 0 Å². The van der Waals surface area contributed by atoms with Crippen molar-refractivity contribution >= 4 is 28.6 Å². The fourth-order valence-electron chi connectivity index (χ4n) is 6.35. The Labute approximate surface area is 257 Å². The molecular weight excluding hydrogens is 561 g/mol. The number of imidazole rings is 1. The monoisotopic (exact) mass is 603 g/mol. The summed E-state index contributed by atoms with van der Waals surface area (Å²) < 4.78 is 19.0. The third kappa shape index (κ3) is 6.33. The van der Waals surface area contributed by atoms with Crippen molar-refractivity contribution in [2.45, 2.75) is 51.8 Å². The van der Waals surface area contributed by atoms with Gasteiger partial charge in [-0.25, -0.2) is 14.4 Å². The topological polar surface area (TPSA) is 108 Å². The van der Waals surface area contributed by atoms with Crippen LogP contribution in [0.4, 0.5) is 16.0 Å². The van der Waals surface area contributed by atoms with Crippen LogP contribution in [0.15, 0.2) is 36.7 Å². The van der Waals surface area contributed by atoms with Crippen LogP contribution in [-0.2, 0) is 13.6 Å². The minimum atomic E-state index is -1.09. The summed E-state index contributed by atoms with van der Waals surface area (Å²) >= 11 is 0. The molecule has 0 unspecified atom stereocenters. The zero-order valence-corrected chi connectivity index (χ0v) is 26.2. The van der Waals surface area contributed by atoms with Gasteiger partial charge in [-0.15, -0.1) is 0 Å². The fraction of sp³-hybridized carbons (Fsp3) is 0.500. The molecule has 2 aliphatic heterocycles. The lowest BCUT2D eigenvalue weighted by molar-refractivity contribution is 0.0630. The summed E-state index contributed by atoms with van der Waals surface area (Å²) in [4.78, 5) is 30.0. The first-order valence-electron chi connectivity index (χ1n) is 15.3. The first kappa shape index (κ1) is 30.2. The maximum absolute atomic E-state index is 15.7. The molecule has 11 nitrogen and oxygen atoms in total. The van der Waals surface area contributed by atoms with E-state index < -0.39 is 17.3 Å². The number of piperazine rings is 1. The van der Waals surface area contributed by atoms with Crippen molar-refractivity contribution in [3.63, 3.8) is 0 Å². The molecule has 1 amide bonds. The smallest absolute Gasteiger partial charge is 0.261 e.